The van der Waals surface area contributed by atoms with E-state index < -0.39 is 16.1 Å². The van der Waals surface area contributed by atoms with E-state index in [9.17, 15) is 8.42 Å². The number of nitrogens with zero attached hydrogens (tertiary/aromatic N) is 3. The fraction of sp³-hybridized carbons (Fsp3) is 0.714. The van der Waals surface area contributed by atoms with Gasteiger partial charge in [0.15, 0.2) is 10.2 Å². The third-order valence-electron chi connectivity index (χ3n) is 3.45. The van der Waals surface area contributed by atoms with Crippen LogP contribution in [0.1, 0.15) is 20.8 Å². The van der Waals surface area contributed by atoms with E-state index in [0.717, 1.165) is 0 Å². The Morgan fingerprint density at radius 1 is 1.15 bits per heavy atom. The maximum Gasteiger partial charge on any atom is 0.211 e. The Morgan fingerprint density at radius 3 is 2.22 bits per heavy atom. The lowest BCUT2D eigenvalue weighted by molar-refractivity contribution is 0.0390. The zero-order chi connectivity index (χ0) is 20.4. The number of ether oxygens (including phenoxy) is 1. The van der Waals surface area contributed by atoms with Crippen LogP contribution >= 0.6 is 24.4 Å². The number of thiocarbonyl (C=S) groups is 2. The predicted molar refractivity (Wildman–Crippen MR) is 116 cm³/mol. The van der Waals surface area contributed by atoms with Crippen LogP contribution in [-0.2, 0) is 14.8 Å². The molecule has 13 heteroatoms. The topological polar surface area (TPSA) is 119 Å². The molecule has 4 N–H and O–H groups in total. The van der Waals surface area contributed by atoms with Crippen LogP contribution in [0.5, 0.6) is 0 Å². The molecule has 1 rings (SSSR count). The molecule has 1 aliphatic rings. The first-order valence-corrected chi connectivity index (χ1v) is 11.1. The smallest absolute Gasteiger partial charge is 0.211 e. The van der Waals surface area contributed by atoms with E-state index in [0.29, 0.717) is 41.3 Å². The third-order valence-corrected chi connectivity index (χ3v) is 5.19. The Kier molecular flexibility index (Phi) is 10.0. The number of sulfonamides is 1. The molecule has 27 heavy (non-hydrogen) atoms. The van der Waals surface area contributed by atoms with Crippen LogP contribution in [0.15, 0.2) is 10.2 Å². The highest BCUT2D eigenvalue weighted by molar-refractivity contribution is 7.88. The molecule has 10 nitrogen and oxygen atoms in total. The van der Waals surface area contributed by atoms with Crippen molar-refractivity contribution < 1.29 is 13.2 Å². The van der Waals surface area contributed by atoms with Crippen molar-refractivity contribution in [2.45, 2.75) is 26.9 Å². The van der Waals surface area contributed by atoms with Crippen LogP contribution in [0, 0.1) is 0 Å². The minimum Gasteiger partial charge on any atom is -0.369 e. The number of hydrogen-bond acceptors (Lipinski definition) is 7. The lowest BCUT2D eigenvalue weighted by Gasteiger charge is -2.31. The van der Waals surface area contributed by atoms with Gasteiger partial charge in [-0.1, -0.05) is 0 Å². The summed E-state index contributed by atoms with van der Waals surface area (Å²) in [6.45, 7) is 7.54. The molecule has 0 amide bonds. The lowest BCUT2D eigenvalue weighted by Crippen LogP contribution is -2.50. The maximum atomic E-state index is 11.9. The van der Waals surface area contributed by atoms with E-state index >= 15 is 0 Å². The minimum absolute atomic E-state index is 0.137. The first-order chi connectivity index (χ1) is 12.7. The molecule has 0 radical (unpaired) electrons. The summed E-state index contributed by atoms with van der Waals surface area (Å²) in [5.74, 6) is 0. The van der Waals surface area contributed by atoms with Crippen molar-refractivity contribution in [3.05, 3.63) is 0 Å². The van der Waals surface area contributed by atoms with E-state index in [1.807, 2.05) is 13.8 Å². The molecule has 1 fully saturated rings. The van der Waals surface area contributed by atoms with Gasteiger partial charge in [-0.25, -0.2) is 8.42 Å². The molecule has 0 aromatic carbocycles. The van der Waals surface area contributed by atoms with Gasteiger partial charge in [-0.2, -0.15) is 14.5 Å². The molecule has 1 heterocycles. The standard InChI is InChI=1S/C14H27N7O3S3/c1-5-15-13(25)19-17-10(3)12(18-20-14(26)16-6-2)11-9-21(7-8-24-11)27(4,22)23/h11H,5-9H2,1-4H3,(H2,15,19,25)(H2,16,20,26)/b17-10+,18-12-/t11-/m0/s1. The van der Waals surface area contributed by atoms with Crippen LogP contribution in [0.4, 0.5) is 0 Å². The van der Waals surface area contributed by atoms with E-state index in [1.54, 1.807) is 6.92 Å². The van der Waals surface area contributed by atoms with Crippen molar-refractivity contribution in [2.75, 3.05) is 39.0 Å². The van der Waals surface area contributed by atoms with Gasteiger partial charge in [0.25, 0.3) is 0 Å². The van der Waals surface area contributed by atoms with Gasteiger partial charge < -0.3 is 15.4 Å². The summed E-state index contributed by atoms with van der Waals surface area (Å²) in [5.41, 5.74) is 6.37. The average molecular weight is 438 g/mol. The van der Waals surface area contributed by atoms with Crippen LogP contribution in [0.25, 0.3) is 0 Å². The van der Waals surface area contributed by atoms with E-state index in [1.165, 1.54) is 10.6 Å². The van der Waals surface area contributed by atoms with E-state index in [2.05, 4.69) is 31.7 Å². The summed E-state index contributed by atoms with van der Waals surface area (Å²) in [6, 6.07) is 0. The molecule has 0 aromatic heterocycles. The van der Waals surface area contributed by atoms with Gasteiger partial charge in [0.1, 0.15) is 11.8 Å². The summed E-state index contributed by atoms with van der Waals surface area (Å²) < 4.78 is 30.8. The zero-order valence-corrected chi connectivity index (χ0v) is 18.4. The van der Waals surface area contributed by atoms with E-state index in [-0.39, 0.29) is 13.2 Å². The van der Waals surface area contributed by atoms with Crippen molar-refractivity contribution in [3.8, 4) is 0 Å². The average Bonchev–Trinajstić information content (AvgIpc) is 2.60. The summed E-state index contributed by atoms with van der Waals surface area (Å²) in [6.07, 6.45) is 0.575. The van der Waals surface area contributed by atoms with Crippen molar-refractivity contribution in [2.24, 2.45) is 10.2 Å². The number of morpholine rings is 1. The molecule has 1 aliphatic heterocycles. The van der Waals surface area contributed by atoms with Crippen LogP contribution in [-0.4, -0.2) is 79.5 Å². The first kappa shape index (κ1) is 23.6. The maximum absolute atomic E-state index is 11.9. The molecule has 154 valence electrons. The normalized spacial score (nSPS) is 19.3. The number of nitrogens with one attached hydrogen (secondary N) is 4. The highest BCUT2D eigenvalue weighted by Gasteiger charge is 2.31. The molecular weight excluding hydrogens is 410 g/mol. The molecule has 0 unspecified atom stereocenters. The molecular formula is C14H27N7O3S3. The molecule has 0 aromatic rings. The Hall–Kier alpha value is -1.41. The van der Waals surface area contributed by atoms with Crippen molar-refractivity contribution >= 4 is 56.1 Å². The monoisotopic (exact) mass is 437 g/mol. The zero-order valence-electron chi connectivity index (χ0n) is 15.9. The fourth-order valence-electron chi connectivity index (χ4n) is 2.18. The summed E-state index contributed by atoms with van der Waals surface area (Å²) >= 11 is 10.2. The fourth-order valence-corrected chi connectivity index (χ4v) is 3.37. The molecule has 0 saturated carbocycles. The van der Waals surface area contributed by atoms with Gasteiger partial charge in [-0.15, -0.1) is 0 Å². The van der Waals surface area contributed by atoms with Crippen molar-refractivity contribution in [3.63, 3.8) is 0 Å². The number of hydrazone groups is 2. The first-order valence-electron chi connectivity index (χ1n) is 8.45. The van der Waals surface area contributed by atoms with Gasteiger partial charge >= 0.3 is 0 Å². The van der Waals surface area contributed by atoms with Crippen molar-refractivity contribution in [1.82, 2.24) is 25.8 Å². The van der Waals surface area contributed by atoms with Gasteiger partial charge in [0.2, 0.25) is 10.0 Å². The van der Waals surface area contributed by atoms with Gasteiger partial charge in [0.05, 0.1) is 18.6 Å². The number of rotatable bonds is 7. The Balaban J connectivity index is 3.02. The van der Waals surface area contributed by atoms with Crippen LogP contribution in [0.2, 0.25) is 0 Å². The second-order valence-electron chi connectivity index (χ2n) is 5.62. The van der Waals surface area contributed by atoms with Gasteiger partial charge in [0, 0.05) is 26.2 Å². The third kappa shape index (κ3) is 8.43. The second-order valence-corrected chi connectivity index (χ2v) is 8.42. The Labute approximate surface area is 171 Å². The van der Waals surface area contributed by atoms with Gasteiger partial charge in [-0.05, 0) is 45.2 Å². The Morgan fingerprint density at radius 2 is 1.70 bits per heavy atom. The second kappa shape index (κ2) is 11.4. The SMILES string of the molecule is CCNC(=S)N/N=C(/C(C)=N/NC(=S)NCC)[C@@H]1CN(S(C)(=O)=O)CCO1. The summed E-state index contributed by atoms with van der Waals surface area (Å²) in [5, 5.41) is 15.1. The molecule has 0 spiro atoms. The highest BCUT2D eigenvalue weighted by Crippen LogP contribution is 2.11. The lowest BCUT2D eigenvalue weighted by atomic mass is 10.1. The molecule has 1 saturated heterocycles. The molecule has 0 bridgehead atoms. The van der Waals surface area contributed by atoms with Gasteiger partial charge in [-0.3, -0.25) is 10.9 Å². The van der Waals surface area contributed by atoms with E-state index in [4.69, 9.17) is 29.2 Å². The van der Waals surface area contributed by atoms with Crippen LogP contribution < -0.4 is 21.5 Å². The highest BCUT2D eigenvalue weighted by atomic mass is 32.2. The number of hydrogen-bond donors (Lipinski definition) is 4. The predicted octanol–water partition coefficient (Wildman–Crippen LogP) is -0.653. The molecule has 0 aliphatic carbocycles. The minimum atomic E-state index is -3.34. The van der Waals surface area contributed by atoms with Crippen LogP contribution in [0.3, 0.4) is 0 Å². The largest absolute Gasteiger partial charge is 0.369 e. The molecule has 1 atom stereocenters. The quantitative estimate of drug-likeness (QED) is 0.234. The summed E-state index contributed by atoms with van der Waals surface area (Å²) in [4.78, 5) is 0. The van der Waals surface area contributed by atoms with Crippen molar-refractivity contribution in [1.29, 1.82) is 0 Å². The summed E-state index contributed by atoms with van der Waals surface area (Å²) in [7, 11) is -3.34. The Bertz CT molecular complexity index is 694.